The Kier molecular flexibility index (Phi) is 10.0. The highest BCUT2D eigenvalue weighted by Crippen LogP contribution is 2.37. The van der Waals surface area contributed by atoms with Gasteiger partial charge in [0, 0.05) is 62.5 Å². The van der Waals surface area contributed by atoms with E-state index in [1.807, 2.05) is 0 Å². The number of alkyl halides is 3. The molecule has 1 saturated carbocycles. The molecule has 2 fully saturated rings. The number of fused-ring (bicyclic) bond motifs is 1. The molecule has 1 aliphatic carbocycles. The first kappa shape index (κ1) is 33.9. The lowest BCUT2D eigenvalue weighted by Crippen LogP contribution is -2.57. The number of piperazine rings is 1. The molecule has 0 unspecified atom stereocenters. The SMILES string of the molecule is N#CCn1cc(-c2cnc3c(Nc4ccc(C(=O)N5CCN(C(=O)NC6CC(N)C6)CC5)c(Cl)c4)nccn23)c(C(F)(F)F)n1.O=CO. The molecule has 1 saturated heterocycles. The number of halogens is 4. The van der Waals surface area contributed by atoms with E-state index in [-0.39, 0.29) is 70.3 Å². The smallest absolute Gasteiger partial charge is 0.435 e. The van der Waals surface area contributed by atoms with Crippen LogP contribution < -0.4 is 16.4 Å². The van der Waals surface area contributed by atoms with E-state index in [1.54, 1.807) is 34.1 Å². The van der Waals surface area contributed by atoms with Crippen molar-refractivity contribution in [3.05, 3.63) is 59.3 Å². The molecule has 4 heterocycles. The molecule has 0 atom stereocenters. The first-order valence-electron chi connectivity index (χ1n) is 14.5. The quantitative estimate of drug-likeness (QED) is 0.218. The number of nitrogens with two attached hydrogens (primary N) is 1. The zero-order valence-corrected chi connectivity index (χ0v) is 25.8. The summed E-state index contributed by atoms with van der Waals surface area (Å²) < 4.78 is 43.6. The van der Waals surface area contributed by atoms with Gasteiger partial charge in [0.1, 0.15) is 6.54 Å². The summed E-state index contributed by atoms with van der Waals surface area (Å²) >= 11 is 6.52. The molecule has 5 N–H and O–H groups in total. The fourth-order valence-electron chi connectivity index (χ4n) is 5.41. The van der Waals surface area contributed by atoms with Crippen LogP contribution in [-0.4, -0.2) is 95.7 Å². The number of nitrogens with one attached hydrogen (secondary N) is 2. The summed E-state index contributed by atoms with van der Waals surface area (Å²) in [5.74, 6) is -0.0396. The van der Waals surface area contributed by atoms with Crippen LogP contribution in [0.3, 0.4) is 0 Å². The Morgan fingerprint density at radius 1 is 1.17 bits per heavy atom. The van der Waals surface area contributed by atoms with E-state index in [4.69, 9.17) is 32.5 Å². The Morgan fingerprint density at radius 2 is 1.85 bits per heavy atom. The number of carbonyl (C=O) groups excluding carboxylic acids is 2. The molecule has 2 aliphatic rings. The average Bonchev–Trinajstić information content (AvgIpc) is 3.66. The van der Waals surface area contributed by atoms with Crippen LogP contribution in [0.1, 0.15) is 28.9 Å². The van der Waals surface area contributed by atoms with Crippen molar-refractivity contribution in [1.82, 2.24) is 39.3 Å². The minimum absolute atomic E-state index is 0.0957. The van der Waals surface area contributed by atoms with E-state index >= 15 is 0 Å². The predicted octanol–water partition coefficient (Wildman–Crippen LogP) is 3.19. The number of carboxylic acid groups (broad SMARTS) is 1. The van der Waals surface area contributed by atoms with Crippen LogP contribution in [0.15, 0.2) is 43.0 Å². The number of hydrogen-bond acceptors (Lipinski definition) is 9. The molecule has 1 aromatic carbocycles. The first-order chi connectivity index (χ1) is 22.9. The lowest BCUT2D eigenvalue weighted by molar-refractivity contribution is -0.141. The first-order valence-corrected chi connectivity index (χ1v) is 14.9. The number of nitriles is 1. The number of carbonyl (C=O) groups is 3. The lowest BCUT2D eigenvalue weighted by Gasteiger charge is -2.38. The number of aromatic nitrogens is 5. The molecule has 3 aromatic heterocycles. The van der Waals surface area contributed by atoms with Crippen LogP contribution in [0, 0.1) is 11.3 Å². The van der Waals surface area contributed by atoms with Crippen molar-refractivity contribution in [2.24, 2.45) is 5.73 Å². The Hall–Kier alpha value is -5.41. The lowest BCUT2D eigenvalue weighted by atomic mass is 9.88. The molecule has 48 heavy (non-hydrogen) atoms. The van der Waals surface area contributed by atoms with E-state index in [0.717, 1.165) is 23.7 Å². The van der Waals surface area contributed by atoms with Gasteiger partial charge in [0.15, 0.2) is 17.2 Å². The second-order valence-electron chi connectivity index (χ2n) is 10.9. The van der Waals surface area contributed by atoms with Crippen molar-refractivity contribution < 1.29 is 32.7 Å². The van der Waals surface area contributed by atoms with Crippen LogP contribution in [0.2, 0.25) is 5.02 Å². The van der Waals surface area contributed by atoms with Gasteiger partial charge in [-0.3, -0.25) is 18.7 Å². The van der Waals surface area contributed by atoms with Gasteiger partial charge in [-0.15, -0.1) is 0 Å². The van der Waals surface area contributed by atoms with E-state index in [9.17, 15) is 22.8 Å². The Labute approximate surface area is 275 Å². The Balaban J connectivity index is 0.00000145. The van der Waals surface area contributed by atoms with Crippen LogP contribution in [0.4, 0.5) is 29.5 Å². The summed E-state index contributed by atoms with van der Waals surface area (Å²) in [6.07, 6.45) is 2.06. The standard InChI is InChI=1S/C28H27ClF3N11O2.CH2O2/c29-21-13-17(1-2-19(21)26(44)40-7-9-41(10-8-40)27(45)38-18-11-16(34)12-18)37-24-25-36-14-22(43(25)6-4-35-24)20-15-42(5-3-33)39-23(20)28(30,31)32;2-1-3/h1-2,4,6,13-16,18H,5,7-12,34H2,(H,35,37)(H,38,45);1H,(H,2,3). The maximum Gasteiger partial charge on any atom is 0.435 e. The summed E-state index contributed by atoms with van der Waals surface area (Å²) in [6.45, 7) is 0.883. The van der Waals surface area contributed by atoms with Gasteiger partial charge in [-0.2, -0.15) is 23.5 Å². The fourth-order valence-corrected chi connectivity index (χ4v) is 5.67. The third-order valence-corrected chi connectivity index (χ3v) is 8.10. The van der Waals surface area contributed by atoms with Crippen molar-refractivity contribution in [3.63, 3.8) is 0 Å². The largest absolute Gasteiger partial charge is 0.483 e. The highest BCUT2D eigenvalue weighted by molar-refractivity contribution is 6.34. The summed E-state index contributed by atoms with van der Waals surface area (Å²) in [5.41, 5.74) is 5.50. The molecular formula is C29H29ClF3N11O4. The number of benzene rings is 1. The summed E-state index contributed by atoms with van der Waals surface area (Å²) in [6, 6.07) is 6.60. The van der Waals surface area contributed by atoms with Gasteiger partial charge in [0.2, 0.25) is 0 Å². The predicted molar refractivity (Wildman–Crippen MR) is 165 cm³/mol. The maximum absolute atomic E-state index is 13.7. The van der Waals surface area contributed by atoms with Crippen LogP contribution >= 0.6 is 11.6 Å². The van der Waals surface area contributed by atoms with Gasteiger partial charge >= 0.3 is 12.2 Å². The van der Waals surface area contributed by atoms with Gasteiger partial charge in [-0.05, 0) is 31.0 Å². The number of anilines is 2. The van der Waals surface area contributed by atoms with Gasteiger partial charge in [-0.25, -0.2) is 14.8 Å². The van der Waals surface area contributed by atoms with E-state index in [1.165, 1.54) is 23.0 Å². The molecule has 3 amide bonds. The molecule has 19 heteroatoms. The summed E-state index contributed by atoms with van der Waals surface area (Å²) in [4.78, 5) is 46.0. The monoisotopic (exact) mass is 687 g/mol. The number of rotatable bonds is 6. The van der Waals surface area contributed by atoms with Crippen LogP contribution in [0.5, 0.6) is 0 Å². The third kappa shape index (κ3) is 7.26. The topological polar surface area (TPSA) is 200 Å². The molecule has 0 spiro atoms. The highest BCUT2D eigenvalue weighted by atomic mass is 35.5. The second-order valence-corrected chi connectivity index (χ2v) is 11.3. The van der Waals surface area contributed by atoms with E-state index < -0.39 is 11.9 Å². The molecule has 4 aromatic rings. The van der Waals surface area contributed by atoms with Gasteiger partial charge in [0.05, 0.1) is 34.1 Å². The Bertz CT molecular complexity index is 1860. The zero-order chi connectivity index (χ0) is 34.6. The molecule has 15 nitrogen and oxygen atoms in total. The minimum Gasteiger partial charge on any atom is -0.483 e. The van der Waals surface area contributed by atoms with E-state index in [2.05, 4.69) is 25.7 Å². The normalized spacial score (nSPS) is 17.5. The highest BCUT2D eigenvalue weighted by Gasteiger charge is 2.38. The number of nitrogens with zero attached hydrogens (tertiary/aromatic N) is 8. The van der Waals surface area contributed by atoms with Crippen molar-refractivity contribution in [1.29, 1.82) is 5.26 Å². The number of amides is 3. The Morgan fingerprint density at radius 3 is 2.48 bits per heavy atom. The van der Waals surface area contributed by atoms with Gasteiger partial charge in [0.25, 0.3) is 12.4 Å². The molecular weight excluding hydrogens is 659 g/mol. The molecule has 1 aliphatic heterocycles. The number of urea groups is 1. The molecule has 0 bridgehead atoms. The third-order valence-electron chi connectivity index (χ3n) is 7.79. The number of imidazole rings is 1. The van der Waals surface area contributed by atoms with Crippen molar-refractivity contribution in [2.45, 2.75) is 37.6 Å². The van der Waals surface area contributed by atoms with Crippen molar-refractivity contribution in [3.8, 4) is 17.3 Å². The van der Waals surface area contributed by atoms with Gasteiger partial charge < -0.3 is 31.3 Å². The van der Waals surface area contributed by atoms with Crippen molar-refractivity contribution >= 4 is 47.2 Å². The summed E-state index contributed by atoms with van der Waals surface area (Å²) in [7, 11) is 0. The second kappa shape index (κ2) is 14.1. The maximum atomic E-state index is 13.7. The van der Waals surface area contributed by atoms with E-state index in [0.29, 0.717) is 31.9 Å². The van der Waals surface area contributed by atoms with Gasteiger partial charge in [-0.1, -0.05) is 11.6 Å². The minimum atomic E-state index is -4.75. The zero-order valence-electron chi connectivity index (χ0n) is 25.1. The van der Waals surface area contributed by atoms with Crippen LogP contribution in [-0.2, 0) is 17.5 Å². The number of hydrogen-bond donors (Lipinski definition) is 4. The molecule has 252 valence electrons. The molecule has 6 rings (SSSR count). The summed E-state index contributed by atoms with van der Waals surface area (Å²) in [5, 5.41) is 25.6. The average molecular weight is 688 g/mol. The van der Waals surface area contributed by atoms with Crippen molar-refractivity contribution in [2.75, 3.05) is 31.5 Å². The molecule has 0 radical (unpaired) electrons. The fraction of sp³-hybridized carbons (Fsp3) is 0.345. The van der Waals surface area contributed by atoms with Crippen LogP contribution in [0.25, 0.3) is 16.9 Å².